The van der Waals surface area contributed by atoms with E-state index in [0.29, 0.717) is 0 Å². The van der Waals surface area contributed by atoms with E-state index in [0.717, 1.165) is 16.8 Å². The molecule has 0 saturated carbocycles. The van der Waals surface area contributed by atoms with Gasteiger partial charge in [-0.3, -0.25) is 0 Å². The van der Waals surface area contributed by atoms with Crippen molar-refractivity contribution < 1.29 is 18.5 Å². The fourth-order valence-electron chi connectivity index (χ4n) is 1.20. The first-order valence-electron chi connectivity index (χ1n) is 4.82. The predicted octanol–water partition coefficient (Wildman–Crippen LogP) is 3.27. The van der Waals surface area contributed by atoms with Crippen LogP contribution in [0.2, 0.25) is 0 Å². The molecule has 77 valence electrons. The van der Waals surface area contributed by atoms with Crippen LogP contribution in [0.3, 0.4) is 0 Å². The Labute approximate surface area is 101 Å². The van der Waals surface area contributed by atoms with Gasteiger partial charge in [-0.15, -0.1) is 0 Å². The zero-order valence-corrected chi connectivity index (χ0v) is 12.0. The molecule has 1 N–H and O–H groups in total. The molecule has 0 rings (SSSR count). The molecule has 0 aromatic rings. The van der Waals surface area contributed by atoms with Crippen LogP contribution in [0, 0.1) is 5.92 Å². The Morgan fingerprint density at radius 2 is 2.23 bits per heavy atom. The third kappa shape index (κ3) is 7.96. The third-order valence-corrected chi connectivity index (χ3v) is 4.92. The summed E-state index contributed by atoms with van der Waals surface area (Å²) in [5, 5.41) is 3.29. The SMILES string of the molecule is CCCCC(CC)CNC(=S)[S][Mo]. The van der Waals surface area contributed by atoms with Crippen LogP contribution in [0.5, 0.6) is 0 Å². The zero-order chi connectivity index (χ0) is 10.1. The van der Waals surface area contributed by atoms with E-state index in [4.69, 9.17) is 12.2 Å². The molecule has 0 aromatic heterocycles. The summed E-state index contributed by atoms with van der Waals surface area (Å²) in [6.07, 6.45) is 5.22. The Morgan fingerprint density at radius 3 is 2.69 bits per heavy atom. The van der Waals surface area contributed by atoms with E-state index >= 15 is 0 Å². The van der Waals surface area contributed by atoms with Crippen LogP contribution in [-0.4, -0.2) is 10.9 Å². The monoisotopic (exact) mass is 302 g/mol. The van der Waals surface area contributed by atoms with Crippen molar-refractivity contribution in [1.82, 2.24) is 5.32 Å². The van der Waals surface area contributed by atoms with Crippen LogP contribution >= 0.6 is 21.7 Å². The Balaban J connectivity index is 3.52. The van der Waals surface area contributed by atoms with Gasteiger partial charge in [0.25, 0.3) is 0 Å². The fourth-order valence-corrected chi connectivity index (χ4v) is 1.86. The summed E-state index contributed by atoms with van der Waals surface area (Å²) in [7, 11) is 1.63. The van der Waals surface area contributed by atoms with Gasteiger partial charge >= 0.3 is 102 Å². The fraction of sp³-hybridized carbons (Fsp3) is 0.889. The second kappa shape index (κ2) is 9.48. The molecular weight excluding hydrogens is 282 g/mol. The van der Waals surface area contributed by atoms with E-state index < -0.39 is 0 Å². The van der Waals surface area contributed by atoms with Gasteiger partial charge in [0.05, 0.1) is 0 Å². The van der Waals surface area contributed by atoms with Crippen LogP contribution in [-0.2, 0) is 18.5 Å². The van der Waals surface area contributed by atoms with Gasteiger partial charge in [0, 0.05) is 0 Å². The summed E-state index contributed by atoms with van der Waals surface area (Å²) < 4.78 is 0.930. The Hall–Kier alpha value is 0.928. The molecule has 0 aliphatic rings. The molecule has 1 nitrogen and oxygen atoms in total. The van der Waals surface area contributed by atoms with Crippen LogP contribution in [0.15, 0.2) is 0 Å². The van der Waals surface area contributed by atoms with Crippen molar-refractivity contribution in [3.05, 3.63) is 0 Å². The van der Waals surface area contributed by atoms with Crippen molar-refractivity contribution in [3.8, 4) is 0 Å². The minimum absolute atomic E-state index is 0.797. The number of unbranched alkanes of at least 4 members (excludes halogenated alkanes) is 1. The second-order valence-corrected chi connectivity index (χ2v) is 5.64. The molecule has 0 fully saturated rings. The van der Waals surface area contributed by atoms with Crippen molar-refractivity contribution >= 4 is 26.0 Å². The van der Waals surface area contributed by atoms with Crippen LogP contribution in [0.25, 0.3) is 0 Å². The van der Waals surface area contributed by atoms with E-state index in [9.17, 15) is 0 Å². The molecule has 0 aliphatic carbocycles. The standard InChI is InChI=1S/C9H19NS2.Mo/c1-3-5-6-8(4-2)7-10-9(11)12;/h8H,3-7H2,1-2H3,(H2,10,11,12);/q;+1/p-1. The number of hydrogen-bond donors (Lipinski definition) is 1. The van der Waals surface area contributed by atoms with Crippen LogP contribution in [0.1, 0.15) is 39.5 Å². The first-order chi connectivity index (χ1) is 6.24. The quantitative estimate of drug-likeness (QED) is 0.597. The van der Waals surface area contributed by atoms with Crippen LogP contribution < -0.4 is 5.32 Å². The van der Waals surface area contributed by atoms with Crippen molar-refractivity contribution in [1.29, 1.82) is 0 Å². The second-order valence-electron chi connectivity index (χ2n) is 3.17. The van der Waals surface area contributed by atoms with Crippen LogP contribution in [0.4, 0.5) is 0 Å². The van der Waals surface area contributed by atoms with Gasteiger partial charge in [-0.25, -0.2) is 0 Å². The number of nitrogens with one attached hydrogen (secondary N) is 1. The summed E-state index contributed by atoms with van der Waals surface area (Å²) in [5.41, 5.74) is 0. The number of rotatable bonds is 6. The van der Waals surface area contributed by atoms with Gasteiger partial charge in [0.15, 0.2) is 0 Å². The van der Waals surface area contributed by atoms with E-state index in [1.54, 1.807) is 9.47 Å². The third-order valence-electron chi connectivity index (χ3n) is 2.15. The summed E-state index contributed by atoms with van der Waals surface area (Å²) in [6.45, 7) is 5.55. The van der Waals surface area contributed by atoms with Crippen molar-refractivity contribution in [2.45, 2.75) is 39.5 Å². The zero-order valence-electron chi connectivity index (χ0n) is 8.34. The molecule has 0 saturated heterocycles. The Morgan fingerprint density at radius 1 is 1.54 bits per heavy atom. The summed E-state index contributed by atoms with van der Waals surface area (Å²) >= 11 is 7.04. The van der Waals surface area contributed by atoms with E-state index in [2.05, 4.69) is 19.2 Å². The molecule has 1 unspecified atom stereocenters. The average Bonchev–Trinajstić information content (AvgIpc) is 2.17. The first kappa shape index (κ1) is 13.9. The maximum atomic E-state index is 5.09. The van der Waals surface area contributed by atoms with Gasteiger partial charge in [-0.1, -0.05) is 0 Å². The van der Waals surface area contributed by atoms with Gasteiger partial charge in [0.1, 0.15) is 0 Å². The van der Waals surface area contributed by atoms with Crippen molar-refractivity contribution in [2.75, 3.05) is 6.54 Å². The summed E-state index contributed by atoms with van der Waals surface area (Å²) in [6, 6.07) is 0. The number of thiocarbonyl (C=S) groups is 1. The Kier molecular flexibility index (Phi) is 10.2. The normalized spacial score (nSPS) is 12.5. The molecule has 4 heteroatoms. The maximum absolute atomic E-state index is 5.09. The van der Waals surface area contributed by atoms with Gasteiger partial charge < -0.3 is 0 Å². The summed E-state index contributed by atoms with van der Waals surface area (Å²) in [4.78, 5) is 0. The van der Waals surface area contributed by atoms with Crippen molar-refractivity contribution in [3.63, 3.8) is 0 Å². The summed E-state index contributed by atoms with van der Waals surface area (Å²) in [5.74, 6) is 0.797. The van der Waals surface area contributed by atoms with Gasteiger partial charge in [-0.2, -0.15) is 0 Å². The topological polar surface area (TPSA) is 12.0 Å². The average molecular weight is 300 g/mol. The molecule has 0 amide bonds. The van der Waals surface area contributed by atoms with Gasteiger partial charge in [0.2, 0.25) is 0 Å². The molecule has 0 heterocycles. The minimum atomic E-state index is 0.797. The molecule has 0 aliphatic heterocycles. The Bertz CT molecular complexity index is 142. The molecule has 0 radical (unpaired) electrons. The predicted molar refractivity (Wildman–Crippen MR) is 61.5 cm³/mol. The number of hydrogen-bond acceptors (Lipinski definition) is 2. The molecule has 1 atom stereocenters. The molecule has 0 aromatic carbocycles. The molecule has 0 bridgehead atoms. The van der Waals surface area contributed by atoms with Gasteiger partial charge in [-0.05, 0) is 0 Å². The molecular formula is C9H18MoNS2. The molecule has 13 heavy (non-hydrogen) atoms. The van der Waals surface area contributed by atoms with Crippen molar-refractivity contribution in [2.24, 2.45) is 5.92 Å². The molecule has 0 spiro atoms. The van der Waals surface area contributed by atoms with E-state index in [-0.39, 0.29) is 0 Å². The van der Waals surface area contributed by atoms with E-state index in [1.165, 1.54) is 25.7 Å². The van der Waals surface area contributed by atoms with E-state index in [1.807, 2.05) is 18.5 Å². The first-order valence-corrected chi connectivity index (χ1v) is 8.43.